The van der Waals surface area contributed by atoms with Gasteiger partial charge in [-0.2, -0.15) is 0 Å². The van der Waals surface area contributed by atoms with Crippen molar-refractivity contribution in [1.82, 2.24) is 0 Å². The van der Waals surface area contributed by atoms with Crippen LogP contribution in [0.4, 0.5) is 10.1 Å². The van der Waals surface area contributed by atoms with E-state index in [1.165, 1.54) is 5.57 Å². The molecule has 2 nitrogen and oxygen atoms in total. The van der Waals surface area contributed by atoms with Gasteiger partial charge in [-0.15, -0.1) is 0 Å². The third-order valence-corrected chi connectivity index (χ3v) is 2.37. The molecular formula is C11H12FNO. The minimum Gasteiger partial charge on any atom is -0.392 e. The summed E-state index contributed by atoms with van der Waals surface area (Å²) in [6.07, 6.45) is 1.95. The quantitative estimate of drug-likeness (QED) is 0.716. The SMILES string of the molecule is CC1=Cc2ccc(CO)c(F)c2NC1. The Morgan fingerprint density at radius 2 is 2.29 bits per heavy atom. The van der Waals surface area contributed by atoms with Crippen LogP contribution in [0.2, 0.25) is 0 Å². The molecule has 0 atom stereocenters. The zero-order chi connectivity index (χ0) is 10.1. The minimum absolute atomic E-state index is 0.260. The van der Waals surface area contributed by atoms with E-state index in [2.05, 4.69) is 5.32 Å². The lowest BCUT2D eigenvalue weighted by atomic mass is 10.0. The molecule has 0 saturated carbocycles. The summed E-state index contributed by atoms with van der Waals surface area (Å²) in [5, 5.41) is 11.9. The molecule has 74 valence electrons. The Bertz CT molecular complexity index is 399. The molecule has 0 amide bonds. The Labute approximate surface area is 82.1 Å². The molecular weight excluding hydrogens is 181 g/mol. The molecule has 2 N–H and O–H groups in total. The van der Waals surface area contributed by atoms with E-state index in [0.29, 0.717) is 17.8 Å². The van der Waals surface area contributed by atoms with Crippen LogP contribution >= 0.6 is 0 Å². The van der Waals surface area contributed by atoms with Crippen molar-refractivity contribution in [3.63, 3.8) is 0 Å². The molecule has 3 heteroatoms. The van der Waals surface area contributed by atoms with E-state index in [-0.39, 0.29) is 12.4 Å². The summed E-state index contributed by atoms with van der Waals surface area (Å²) >= 11 is 0. The van der Waals surface area contributed by atoms with E-state index in [1.54, 1.807) is 6.07 Å². The van der Waals surface area contributed by atoms with Crippen molar-refractivity contribution in [3.05, 3.63) is 34.6 Å². The average molecular weight is 193 g/mol. The van der Waals surface area contributed by atoms with Gasteiger partial charge in [0, 0.05) is 17.7 Å². The molecule has 1 aromatic carbocycles. The lowest BCUT2D eigenvalue weighted by molar-refractivity contribution is 0.276. The van der Waals surface area contributed by atoms with Crippen molar-refractivity contribution in [1.29, 1.82) is 0 Å². The molecule has 1 aliphatic rings. The van der Waals surface area contributed by atoms with Gasteiger partial charge in [0.25, 0.3) is 0 Å². The molecule has 0 aromatic heterocycles. The van der Waals surface area contributed by atoms with Gasteiger partial charge in [-0.05, 0) is 6.92 Å². The van der Waals surface area contributed by atoms with Crippen molar-refractivity contribution in [3.8, 4) is 0 Å². The Balaban J connectivity index is 2.55. The number of halogens is 1. The van der Waals surface area contributed by atoms with E-state index in [0.717, 1.165) is 5.56 Å². The summed E-state index contributed by atoms with van der Waals surface area (Å²) in [4.78, 5) is 0. The van der Waals surface area contributed by atoms with Crippen molar-refractivity contribution in [2.75, 3.05) is 11.9 Å². The van der Waals surface area contributed by atoms with Gasteiger partial charge in [0.05, 0.1) is 12.3 Å². The number of aliphatic hydroxyl groups is 1. The third kappa shape index (κ3) is 1.40. The van der Waals surface area contributed by atoms with Crippen molar-refractivity contribution in [2.24, 2.45) is 0 Å². The molecule has 1 heterocycles. The first kappa shape index (κ1) is 9.21. The second kappa shape index (κ2) is 3.42. The van der Waals surface area contributed by atoms with E-state index in [9.17, 15) is 4.39 Å². The molecule has 0 radical (unpaired) electrons. The van der Waals surface area contributed by atoms with E-state index < -0.39 is 0 Å². The Hall–Kier alpha value is -1.35. The second-order valence-corrected chi connectivity index (χ2v) is 3.51. The minimum atomic E-state index is -0.339. The Kier molecular flexibility index (Phi) is 2.25. The fraction of sp³-hybridized carbons (Fsp3) is 0.273. The van der Waals surface area contributed by atoms with Crippen LogP contribution < -0.4 is 5.32 Å². The average Bonchev–Trinajstić information content (AvgIpc) is 2.18. The largest absolute Gasteiger partial charge is 0.392 e. The maximum Gasteiger partial charge on any atom is 0.152 e. The summed E-state index contributed by atoms with van der Waals surface area (Å²) in [5.41, 5.74) is 2.86. The lowest BCUT2D eigenvalue weighted by Gasteiger charge is -2.18. The third-order valence-electron chi connectivity index (χ3n) is 2.37. The van der Waals surface area contributed by atoms with Gasteiger partial charge >= 0.3 is 0 Å². The molecule has 14 heavy (non-hydrogen) atoms. The highest BCUT2D eigenvalue weighted by Crippen LogP contribution is 2.28. The molecule has 0 spiro atoms. The van der Waals surface area contributed by atoms with Crippen LogP contribution in [0.25, 0.3) is 6.08 Å². The summed E-state index contributed by atoms with van der Waals surface area (Å²) < 4.78 is 13.6. The van der Waals surface area contributed by atoms with Crippen LogP contribution in [0.1, 0.15) is 18.1 Å². The van der Waals surface area contributed by atoms with Crippen LogP contribution in [0.3, 0.4) is 0 Å². The van der Waals surface area contributed by atoms with Crippen LogP contribution in [0.5, 0.6) is 0 Å². The zero-order valence-electron chi connectivity index (χ0n) is 7.97. The van der Waals surface area contributed by atoms with Crippen LogP contribution in [0, 0.1) is 5.82 Å². The number of hydrogen-bond acceptors (Lipinski definition) is 2. The standard InChI is InChI=1S/C11H12FNO/c1-7-4-8-2-3-9(6-14)10(12)11(8)13-5-7/h2-4,13-14H,5-6H2,1H3. The summed E-state index contributed by atoms with van der Waals surface area (Å²) in [6, 6.07) is 3.44. The fourth-order valence-electron chi connectivity index (χ4n) is 1.60. The molecule has 0 bridgehead atoms. The summed E-state index contributed by atoms with van der Waals surface area (Å²) in [5.74, 6) is -0.339. The van der Waals surface area contributed by atoms with Gasteiger partial charge in [-0.3, -0.25) is 0 Å². The number of nitrogens with one attached hydrogen (secondary N) is 1. The van der Waals surface area contributed by atoms with Crippen molar-refractivity contribution < 1.29 is 9.50 Å². The topological polar surface area (TPSA) is 32.3 Å². The molecule has 0 saturated heterocycles. The Morgan fingerprint density at radius 3 is 3.00 bits per heavy atom. The van der Waals surface area contributed by atoms with Gasteiger partial charge in [0.2, 0.25) is 0 Å². The predicted molar refractivity (Wildman–Crippen MR) is 54.5 cm³/mol. The van der Waals surface area contributed by atoms with E-state index in [1.807, 2.05) is 19.1 Å². The highest BCUT2D eigenvalue weighted by atomic mass is 19.1. The number of fused-ring (bicyclic) bond motifs is 1. The van der Waals surface area contributed by atoms with Gasteiger partial charge in [-0.1, -0.05) is 23.8 Å². The van der Waals surface area contributed by atoms with Gasteiger partial charge in [0.15, 0.2) is 5.82 Å². The smallest absolute Gasteiger partial charge is 0.152 e. The summed E-state index contributed by atoms with van der Waals surface area (Å²) in [6.45, 7) is 2.40. The maximum absolute atomic E-state index is 13.6. The van der Waals surface area contributed by atoms with Crippen LogP contribution in [-0.4, -0.2) is 11.7 Å². The zero-order valence-corrected chi connectivity index (χ0v) is 7.97. The number of hydrogen-bond donors (Lipinski definition) is 2. The molecule has 0 fully saturated rings. The number of benzene rings is 1. The van der Waals surface area contributed by atoms with Gasteiger partial charge in [-0.25, -0.2) is 4.39 Å². The van der Waals surface area contributed by atoms with Gasteiger partial charge in [0.1, 0.15) is 0 Å². The number of rotatable bonds is 1. The summed E-state index contributed by atoms with van der Waals surface area (Å²) in [7, 11) is 0. The van der Waals surface area contributed by atoms with Crippen LogP contribution in [-0.2, 0) is 6.61 Å². The molecule has 0 aliphatic carbocycles. The van der Waals surface area contributed by atoms with Gasteiger partial charge < -0.3 is 10.4 Å². The first-order valence-corrected chi connectivity index (χ1v) is 4.55. The highest BCUT2D eigenvalue weighted by Gasteiger charge is 2.14. The lowest BCUT2D eigenvalue weighted by Crippen LogP contribution is -2.11. The number of anilines is 1. The van der Waals surface area contributed by atoms with Crippen molar-refractivity contribution in [2.45, 2.75) is 13.5 Å². The van der Waals surface area contributed by atoms with E-state index >= 15 is 0 Å². The number of aliphatic hydroxyl groups excluding tert-OH is 1. The monoisotopic (exact) mass is 193 g/mol. The molecule has 0 unspecified atom stereocenters. The van der Waals surface area contributed by atoms with E-state index in [4.69, 9.17) is 5.11 Å². The normalized spacial score (nSPS) is 14.4. The van der Waals surface area contributed by atoms with Crippen molar-refractivity contribution >= 4 is 11.8 Å². The molecule has 1 aliphatic heterocycles. The highest BCUT2D eigenvalue weighted by molar-refractivity contribution is 5.73. The Morgan fingerprint density at radius 1 is 1.50 bits per heavy atom. The first-order chi connectivity index (χ1) is 6.72. The molecule has 2 rings (SSSR count). The van der Waals surface area contributed by atoms with Crippen LogP contribution in [0.15, 0.2) is 17.7 Å². The first-order valence-electron chi connectivity index (χ1n) is 4.55. The fourth-order valence-corrected chi connectivity index (χ4v) is 1.60. The predicted octanol–water partition coefficient (Wildman–Crippen LogP) is 2.15. The second-order valence-electron chi connectivity index (χ2n) is 3.51. The molecule has 1 aromatic rings. The maximum atomic E-state index is 13.6.